The van der Waals surface area contributed by atoms with Gasteiger partial charge in [0.1, 0.15) is 12.0 Å². The van der Waals surface area contributed by atoms with Crippen LogP contribution in [0.15, 0.2) is 49.1 Å². The molecule has 2 aromatic heterocycles. The smallest absolute Gasteiger partial charge is 0.272 e. The summed E-state index contributed by atoms with van der Waals surface area (Å²) in [5, 5.41) is 5.40. The summed E-state index contributed by atoms with van der Waals surface area (Å²) in [4.78, 5) is 43.8. The van der Waals surface area contributed by atoms with Crippen molar-refractivity contribution in [2.45, 2.75) is 0 Å². The zero-order chi connectivity index (χ0) is 20.3. The molecule has 142 valence electrons. The number of primary amides is 1. The Morgan fingerprint density at radius 3 is 2.43 bits per heavy atom. The van der Waals surface area contributed by atoms with Gasteiger partial charge in [0.25, 0.3) is 17.7 Å². The number of benzene rings is 1. The van der Waals surface area contributed by atoms with Gasteiger partial charge in [0.2, 0.25) is 0 Å². The number of carbonyl (C=O) groups excluding carboxylic acids is 3. The summed E-state index contributed by atoms with van der Waals surface area (Å²) < 4.78 is 1.40. The van der Waals surface area contributed by atoms with E-state index in [9.17, 15) is 14.4 Å². The SMILES string of the molecule is CNC(=O)c1ncn(-c2ccc(NC(=O)c3cnccc3Cl)cc2)c1C(N)=O. The highest BCUT2D eigenvalue weighted by Crippen LogP contribution is 2.19. The van der Waals surface area contributed by atoms with Gasteiger partial charge in [-0.3, -0.25) is 23.9 Å². The van der Waals surface area contributed by atoms with Crippen molar-refractivity contribution in [2.24, 2.45) is 5.73 Å². The molecule has 3 rings (SSSR count). The summed E-state index contributed by atoms with van der Waals surface area (Å²) in [6.45, 7) is 0. The minimum Gasteiger partial charge on any atom is -0.364 e. The number of amides is 3. The molecule has 0 saturated carbocycles. The molecule has 28 heavy (non-hydrogen) atoms. The number of aromatic nitrogens is 3. The Morgan fingerprint density at radius 1 is 1.11 bits per heavy atom. The molecule has 0 unspecified atom stereocenters. The highest BCUT2D eigenvalue weighted by molar-refractivity contribution is 6.34. The third-order valence-corrected chi connectivity index (χ3v) is 4.19. The van der Waals surface area contributed by atoms with Gasteiger partial charge in [0.15, 0.2) is 5.69 Å². The molecular weight excluding hydrogens is 384 g/mol. The number of anilines is 1. The van der Waals surface area contributed by atoms with Gasteiger partial charge in [0, 0.05) is 30.8 Å². The van der Waals surface area contributed by atoms with Gasteiger partial charge in [-0.15, -0.1) is 0 Å². The van der Waals surface area contributed by atoms with E-state index in [-0.39, 0.29) is 22.0 Å². The number of hydrogen-bond acceptors (Lipinski definition) is 5. The Kier molecular flexibility index (Phi) is 5.37. The van der Waals surface area contributed by atoms with Gasteiger partial charge in [-0.1, -0.05) is 11.6 Å². The van der Waals surface area contributed by atoms with E-state index in [2.05, 4.69) is 20.6 Å². The molecule has 0 aliphatic rings. The first kappa shape index (κ1) is 19.1. The molecule has 10 heteroatoms. The van der Waals surface area contributed by atoms with Crippen LogP contribution in [0.1, 0.15) is 31.3 Å². The van der Waals surface area contributed by atoms with Gasteiger partial charge in [-0.05, 0) is 30.3 Å². The maximum absolute atomic E-state index is 12.3. The van der Waals surface area contributed by atoms with Gasteiger partial charge in [-0.25, -0.2) is 4.98 Å². The van der Waals surface area contributed by atoms with E-state index in [1.807, 2.05) is 0 Å². The third kappa shape index (κ3) is 3.69. The lowest BCUT2D eigenvalue weighted by atomic mass is 10.2. The Morgan fingerprint density at radius 2 is 1.82 bits per heavy atom. The molecule has 0 bridgehead atoms. The zero-order valence-electron chi connectivity index (χ0n) is 14.6. The standard InChI is InChI=1S/C18H15ClN6O3/c1-21-18(28)14-15(16(20)26)25(9-23-14)11-4-2-10(3-5-11)24-17(27)12-8-22-7-6-13(12)19/h2-9H,1H3,(H2,20,26)(H,21,28)(H,24,27). The van der Waals surface area contributed by atoms with Crippen LogP contribution in [-0.4, -0.2) is 39.3 Å². The minimum atomic E-state index is -0.792. The van der Waals surface area contributed by atoms with Gasteiger partial charge < -0.3 is 16.4 Å². The number of imidazole rings is 1. The molecule has 0 saturated heterocycles. The fraction of sp³-hybridized carbons (Fsp3) is 0.0556. The van der Waals surface area contributed by atoms with Crippen LogP contribution in [0, 0.1) is 0 Å². The second kappa shape index (κ2) is 7.89. The van der Waals surface area contributed by atoms with Gasteiger partial charge in [0.05, 0.1) is 10.6 Å². The van der Waals surface area contributed by atoms with Gasteiger partial charge >= 0.3 is 0 Å². The molecule has 2 heterocycles. The predicted molar refractivity (Wildman–Crippen MR) is 103 cm³/mol. The van der Waals surface area contributed by atoms with E-state index in [0.29, 0.717) is 11.4 Å². The van der Waals surface area contributed by atoms with Crippen LogP contribution in [-0.2, 0) is 0 Å². The van der Waals surface area contributed by atoms with Crippen molar-refractivity contribution >= 4 is 35.0 Å². The van der Waals surface area contributed by atoms with E-state index in [4.69, 9.17) is 17.3 Å². The number of nitrogens with zero attached hydrogens (tertiary/aromatic N) is 3. The average molecular weight is 399 g/mol. The highest BCUT2D eigenvalue weighted by Gasteiger charge is 2.22. The molecule has 1 aromatic carbocycles. The second-order valence-electron chi connectivity index (χ2n) is 5.61. The first-order valence-electron chi connectivity index (χ1n) is 8.03. The molecule has 3 aromatic rings. The van der Waals surface area contributed by atoms with Crippen molar-refractivity contribution in [3.63, 3.8) is 0 Å². The van der Waals surface area contributed by atoms with Crippen LogP contribution in [0.25, 0.3) is 5.69 Å². The maximum Gasteiger partial charge on any atom is 0.272 e. The molecular formula is C18H15ClN6O3. The van der Waals surface area contributed by atoms with E-state index in [1.165, 1.54) is 36.4 Å². The fourth-order valence-corrected chi connectivity index (χ4v) is 2.70. The molecule has 4 N–H and O–H groups in total. The Hall–Kier alpha value is -3.72. The van der Waals surface area contributed by atoms with Crippen molar-refractivity contribution in [1.82, 2.24) is 19.9 Å². The molecule has 9 nitrogen and oxygen atoms in total. The monoisotopic (exact) mass is 398 g/mol. The Labute approximate surface area is 164 Å². The molecule has 0 aliphatic heterocycles. The number of rotatable bonds is 5. The quantitative estimate of drug-likeness (QED) is 0.601. The van der Waals surface area contributed by atoms with Crippen LogP contribution >= 0.6 is 11.6 Å². The van der Waals surface area contributed by atoms with E-state index in [0.717, 1.165) is 0 Å². The van der Waals surface area contributed by atoms with Crippen molar-refractivity contribution in [2.75, 3.05) is 12.4 Å². The summed E-state index contributed by atoms with van der Waals surface area (Å²) in [5.74, 6) is -1.72. The lowest BCUT2D eigenvalue weighted by Gasteiger charge is -2.09. The van der Waals surface area contributed by atoms with Crippen molar-refractivity contribution in [3.05, 3.63) is 71.0 Å². The first-order chi connectivity index (χ1) is 13.4. The van der Waals surface area contributed by atoms with Crippen molar-refractivity contribution < 1.29 is 14.4 Å². The van der Waals surface area contributed by atoms with E-state index < -0.39 is 17.7 Å². The van der Waals surface area contributed by atoms with Crippen LogP contribution in [0.4, 0.5) is 5.69 Å². The lowest BCUT2D eigenvalue weighted by molar-refractivity contribution is 0.0937. The fourth-order valence-electron chi connectivity index (χ4n) is 2.51. The average Bonchev–Trinajstić information content (AvgIpc) is 3.13. The number of nitrogens with one attached hydrogen (secondary N) is 2. The second-order valence-corrected chi connectivity index (χ2v) is 6.02. The van der Waals surface area contributed by atoms with Crippen LogP contribution < -0.4 is 16.4 Å². The van der Waals surface area contributed by atoms with E-state index >= 15 is 0 Å². The molecule has 0 radical (unpaired) electrons. The summed E-state index contributed by atoms with van der Waals surface area (Å²) in [7, 11) is 1.43. The maximum atomic E-state index is 12.3. The van der Waals surface area contributed by atoms with Crippen LogP contribution in [0.5, 0.6) is 0 Å². The van der Waals surface area contributed by atoms with Gasteiger partial charge in [-0.2, -0.15) is 0 Å². The molecule has 0 spiro atoms. The van der Waals surface area contributed by atoms with Crippen molar-refractivity contribution in [3.8, 4) is 5.69 Å². The van der Waals surface area contributed by atoms with Crippen LogP contribution in [0.2, 0.25) is 5.02 Å². The number of pyridine rings is 1. The summed E-state index contributed by atoms with van der Waals surface area (Å²) >= 11 is 5.99. The molecule has 0 atom stereocenters. The van der Waals surface area contributed by atoms with Crippen LogP contribution in [0.3, 0.4) is 0 Å². The zero-order valence-corrected chi connectivity index (χ0v) is 15.4. The number of hydrogen-bond donors (Lipinski definition) is 3. The number of carbonyl (C=O) groups is 3. The number of halogens is 1. The Balaban J connectivity index is 1.87. The normalized spacial score (nSPS) is 10.4. The molecule has 0 fully saturated rings. The largest absolute Gasteiger partial charge is 0.364 e. The predicted octanol–water partition coefficient (Wildman–Crippen LogP) is 1.63. The summed E-state index contributed by atoms with van der Waals surface area (Å²) in [6, 6.07) is 8.06. The number of nitrogens with two attached hydrogens (primary N) is 1. The topological polar surface area (TPSA) is 132 Å². The Bertz CT molecular complexity index is 1060. The molecule has 3 amide bonds. The first-order valence-corrected chi connectivity index (χ1v) is 8.40. The highest BCUT2D eigenvalue weighted by atomic mass is 35.5. The summed E-state index contributed by atoms with van der Waals surface area (Å²) in [5.41, 5.74) is 6.58. The summed E-state index contributed by atoms with van der Waals surface area (Å²) in [6.07, 6.45) is 4.19. The molecule has 0 aliphatic carbocycles. The third-order valence-electron chi connectivity index (χ3n) is 3.86. The van der Waals surface area contributed by atoms with E-state index in [1.54, 1.807) is 24.3 Å². The lowest BCUT2D eigenvalue weighted by Crippen LogP contribution is -2.25. The minimum absolute atomic E-state index is 0.0433. The van der Waals surface area contributed by atoms with Crippen molar-refractivity contribution in [1.29, 1.82) is 0 Å².